The van der Waals surface area contributed by atoms with E-state index in [-0.39, 0.29) is 16.8 Å². The first-order valence-corrected chi connectivity index (χ1v) is 18.1. The third-order valence-corrected chi connectivity index (χ3v) is 13.6. The van der Waals surface area contributed by atoms with Crippen LogP contribution >= 0.6 is 0 Å². The largest absolute Gasteiger partial charge is 0.444 e. The van der Waals surface area contributed by atoms with Crippen molar-refractivity contribution in [2.75, 3.05) is 0 Å². The molecule has 4 aliphatic carbocycles. The van der Waals surface area contributed by atoms with Crippen molar-refractivity contribution in [1.29, 1.82) is 0 Å². The SMILES string of the molecule is O=N[O-].[CH-]1CCCC2C3NC(NC4NC(NC5NC(NC6NC(N3)C3CCCCC63)C3CCCCC53)C3CCCCC43)C12.[Co]. The zero-order valence-electron chi connectivity index (χ0n) is 26.0. The van der Waals surface area contributed by atoms with Gasteiger partial charge in [-0.15, -0.1) is 11.3 Å². The van der Waals surface area contributed by atoms with Gasteiger partial charge < -0.3 is 16.5 Å². The van der Waals surface area contributed by atoms with Crippen molar-refractivity contribution < 1.29 is 16.8 Å². The summed E-state index contributed by atoms with van der Waals surface area (Å²) in [6.07, 6.45) is 26.4. The van der Waals surface area contributed by atoms with E-state index >= 15 is 0 Å². The first kappa shape index (κ1) is 32.1. The molecule has 0 spiro atoms. The van der Waals surface area contributed by atoms with E-state index in [1.807, 2.05) is 0 Å². The topological polar surface area (TPSA) is 149 Å². The van der Waals surface area contributed by atoms with Gasteiger partial charge >= 0.3 is 0 Å². The molecule has 5 saturated heterocycles. The molecule has 16 atom stereocenters. The Morgan fingerprint density at radius 3 is 1.00 bits per heavy atom. The van der Waals surface area contributed by atoms with Crippen LogP contribution in [0, 0.1) is 63.9 Å². The van der Waals surface area contributed by atoms with Crippen LogP contribution in [0.5, 0.6) is 0 Å². The van der Waals surface area contributed by atoms with Crippen LogP contribution in [-0.2, 0) is 16.8 Å². The van der Waals surface area contributed by atoms with E-state index in [0.717, 1.165) is 40.8 Å². The number of fused-ring (bicyclic) bond motifs is 20. The molecule has 1 radical (unpaired) electrons. The zero-order chi connectivity index (χ0) is 28.9. The molecule has 0 aromatic rings. The van der Waals surface area contributed by atoms with Crippen LogP contribution in [-0.4, -0.2) is 49.3 Å². The van der Waals surface area contributed by atoms with Gasteiger partial charge in [-0.3, -0.25) is 42.5 Å². The first-order valence-electron chi connectivity index (χ1n) is 18.1. The summed E-state index contributed by atoms with van der Waals surface area (Å²) >= 11 is 0. The Bertz CT molecular complexity index is 774. The summed E-state index contributed by atoms with van der Waals surface area (Å²) in [6, 6.07) is 0. The zero-order valence-corrected chi connectivity index (χ0v) is 27.1. The summed E-state index contributed by atoms with van der Waals surface area (Å²) in [6.45, 7) is 0. The molecule has 0 aromatic heterocycles. The molecule has 5 aliphatic heterocycles. The van der Waals surface area contributed by atoms with Crippen LogP contribution < -0.4 is 42.5 Å². The molecule has 9 rings (SSSR count). The summed E-state index contributed by atoms with van der Waals surface area (Å²) in [5, 5.41) is 42.7. The number of rotatable bonds is 0. The summed E-state index contributed by atoms with van der Waals surface area (Å²) in [4.78, 5) is 8.00. The fraction of sp³-hybridized carbons (Fsp3) is 0.969. The molecule has 16 unspecified atom stereocenters. The standard InChI is InChI=1S/C32H55N8.Co.HNO2/c1-2-10-18-17(9-1)25-33-26(18)38-28-21-13-5-6-14-22(21)30(35-28)40-32-24-16-8-7-15-23(24)31(36-32)39-29-20-12-4-3-11-19(20)27(34-29)37-25;;2-1-3/h9,17-40H,1-8,10-16H2;;(H,2,3)/q-1;;/p-1. The molecule has 8 N–H and O–H groups in total. The Balaban J connectivity index is 0.000000753. The molecule has 8 bridgehead atoms. The van der Waals surface area contributed by atoms with E-state index in [0.29, 0.717) is 61.2 Å². The van der Waals surface area contributed by atoms with E-state index in [1.54, 1.807) is 0 Å². The van der Waals surface area contributed by atoms with Gasteiger partial charge in [0, 0.05) is 22.9 Å². The van der Waals surface area contributed by atoms with Crippen molar-refractivity contribution >= 4 is 0 Å². The average molecular weight is 657 g/mol. The van der Waals surface area contributed by atoms with Crippen molar-refractivity contribution in [1.82, 2.24) is 42.5 Å². The third-order valence-electron chi connectivity index (χ3n) is 13.6. The van der Waals surface area contributed by atoms with Gasteiger partial charge in [0.05, 0.1) is 43.2 Å². The Morgan fingerprint density at radius 2 is 0.682 bits per heavy atom. The maximum absolute atomic E-state index is 8.00. The maximum atomic E-state index is 8.00. The van der Waals surface area contributed by atoms with Gasteiger partial charge in [-0.1, -0.05) is 51.4 Å². The average Bonchev–Trinajstić information content (AvgIpc) is 3.77. The van der Waals surface area contributed by atoms with E-state index in [4.69, 9.17) is 10.1 Å². The van der Waals surface area contributed by atoms with E-state index in [1.165, 1.54) is 96.3 Å². The van der Waals surface area contributed by atoms with Crippen LogP contribution in [0.3, 0.4) is 0 Å². The quantitative estimate of drug-likeness (QED) is 0.111. The van der Waals surface area contributed by atoms with Crippen LogP contribution in [0.25, 0.3) is 0 Å². The van der Waals surface area contributed by atoms with Crippen molar-refractivity contribution in [3.63, 3.8) is 0 Å². The van der Waals surface area contributed by atoms with Gasteiger partial charge in [0.15, 0.2) is 0 Å². The molecule has 0 aromatic carbocycles. The molecule has 4 saturated carbocycles. The Kier molecular flexibility index (Phi) is 10.2. The maximum Gasteiger partial charge on any atom is 0.0628 e. The molecule has 9 fully saturated rings. The van der Waals surface area contributed by atoms with Crippen molar-refractivity contribution in [3.8, 4) is 0 Å². The third kappa shape index (κ3) is 5.92. The minimum atomic E-state index is 0. The van der Waals surface area contributed by atoms with E-state index in [9.17, 15) is 0 Å². The molecule has 11 nitrogen and oxygen atoms in total. The molecule has 44 heavy (non-hydrogen) atoms. The summed E-state index contributed by atoms with van der Waals surface area (Å²) in [5.74, 6) is 5.74. The number of nitrogens with one attached hydrogen (secondary N) is 8. The van der Waals surface area contributed by atoms with E-state index < -0.39 is 0 Å². The van der Waals surface area contributed by atoms with Gasteiger partial charge in [-0.25, -0.2) is 0 Å². The second-order valence-electron chi connectivity index (χ2n) is 15.5. The van der Waals surface area contributed by atoms with E-state index in [2.05, 4.69) is 49.0 Å². The molecule has 0 amide bonds. The minimum Gasteiger partial charge on any atom is -0.444 e. The minimum absolute atomic E-state index is 0. The Morgan fingerprint density at radius 1 is 0.432 bits per heavy atom. The predicted octanol–water partition coefficient (Wildman–Crippen LogP) is 2.67. The van der Waals surface area contributed by atoms with Crippen LogP contribution in [0.2, 0.25) is 0 Å². The smallest absolute Gasteiger partial charge is 0.0628 e. The fourth-order valence-corrected chi connectivity index (χ4v) is 11.7. The number of hydrogen-bond donors (Lipinski definition) is 8. The van der Waals surface area contributed by atoms with Gasteiger partial charge in [-0.2, -0.15) is 6.42 Å². The summed E-state index contributed by atoms with van der Waals surface area (Å²) < 4.78 is 0. The Hall–Kier alpha value is -0.414. The molecular weight excluding hydrogens is 601 g/mol. The van der Waals surface area contributed by atoms with Gasteiger partial charge in [-0.05, 0) is 80.0 Å². The normalized spacial score (nSPS) is 52.6. The predicted molar refractivity (Wildman–Crippen MR) is 166 cm³/mol. The second kappa shape index (κ2) is 14.0. The van der Waals surface area contributed by atoms with Gasteiger partial charge in [0.2, 0.25) is 0 Å². The molecule has 12 heteroatoms. The second-order valence-corrected chi connectivity index (χ2v) is 15.5. The van der Waals surface area contributed by atoms with Crippen LogP contribution in [0.15, 0.2) is 5.34 Å². The summed E-state index contributed by atoms with van der Waals surface area (Å²) in [7, 11) is 0. The van der Waals surface area contributed by atoms with Crippen LogP contribution in [0.1, 0.15) is 96.3 Å². The van der Waals surface area contributed by atoms with Crippen molar-refractivity contribution in [2.45, 2.75) is 146 Å². The van der Waals surface area contributed by atoms with Crippen molar-refractivity contribution in [2.24, 2.45) is 52.7 Å². The van der Waals surface area contributed by atoms with Crippen molar-refractivity contribution in [3.05, 3.63) is 16.5 Å². The first-order chi connectivity index (χ1) is 21.2. The molecule has 9 aliphatic rings. The molecule has 251 valence electrons. The Labute approximate surface area is 273 Å². The number of hydrogen-bond acceptors (Lipinski definition) is 11. The number of nitrogens with zero attached hydrogens (tertiary/aromatic N) is 1. The molecule has 5 heterocycles. The van der Waals surface area contributed by atoms with Crippen LogP contribution in [0.4, 0.5) is 0 Å². The van der Waals surface area contributed by atoms with Gasteiger partial charge in [0.1, 0.15) is 0 Å². The summed E-state index contributed by atoms with van der Waals surface area (Å²) in [5.41, 5.74) is 0. The monoisotopic (exact) mass is 656 g/mol. The fourth-order valence-electron chi connectivity index (χ4n) is 11.7. The van der Waals surface area contributed by atoms with Gasteiger partial charge in [0.25, 0.3) is 0 Å². The molecular formula is C32H55CoN9O2-2.